The lowest BCUT2D eigenvalue weighted by Crippen LogP contribution is -2.47. The number of aryl methyl sites for hydroxylation is 1. The Labute approximate surface area is 180 Å². The van der Waals surface area contributed by atoms with Crippen molar-refractivity contribution in [3.63, 3.8) is 0 Å². The van der Waals surface area contributed by atoms with Crippen LogP contribution in [0.4, 0.5) is 5.69 Å². The van der Waals surface area contributed by atoms with E-state index in [9.17, 15) is 19.7 Å². The average Bonchev–Trinajstić information content (AvgIpc) is 3.01. The molecule has 6 rings (SSSR count). The van der Waals surface area contributed by atoms with Crippen molar-refractivity contribution < 1.29 is 14.1 Å². The van der Waals surface area contributed by atoms with Crippen LogP contribution in [0.15, 0.2) is 27.4 Å². The highest BCUT2D eigenvalue weighted by Gasteiger charge is 2.50. The Morgan fingerprint density at radius 3 is 2.52 bits per heavy atom. The summed E-state index contributed by atoms with van der Waals surface area (Å²) in [5, 5.41) is 14.0. The molecular weight excluding hydrogens is 398 g/mol. The van der Waals surface area contributed by atoms with Gasteiger partial charge in [-0.25, -0.2) is 4.79 Å². The van der Waals surface area contributed by atoms with Crippen LogP contribution in [0.3, 0.4) is 0 Å². The molecule has 0 spiro atoms. The SMILES string of the molecule is O=C(CCCn1c(=O)oc2cc([N+](=O)[O-])ccc21)NCCC12CC3CC(CC(C3)C1)C2. The molecule has 0 unspecified atom stereocenters. The summed E-state index contributed by atoms with van der Waals surface area (Å²) < 4.78 is 6.56. The maximum absolute atomic E-state index is 12.3. The molecule has 0 aliphatic heterocycles. The summed E-state index contributed by atoms with van der Waals surface area (Å²) in [5.74, 6) is 2.23. The first-order valence-corrected chi connectivity index (χ1v) is 11.5. The van der Waals surface area contributed by atoms with Crippen LogP contribution in [-0.2, 0) is 11.3 Å². The topological polar surface area (TPSA) is 107 Å². The van der Waals surface area contributed by atoms with Gasteiger partial charge in [-0.1, -0.05) is 0 Å². The Bertz CT molecular complexity index is 1030. The van der Waals surface area contributed by atoms with Gasteiger partial charge in [0.15, 0.2) is 5.58 Å². The van der Waals surface area contributed by atoms with E-state index < -0.39 is 10.7 Å². The van der Waals surface area contributed by atoms with Crippen LogP contribution in [0.25, 0.3) is 11.1 Å². The number of nitrogens with one attached hydrogen (secondary N) is 1. The van der Waals surface area contributed by atoms with E-state index >= 15 is 0 Å². The van der Waals surface area contributed by atoms with Crippen LogP contribution in [0.5, 0.6) is 0 Å². The molecule has 1 N–H and O–H groups in total. The van der Waals surface area contributed by atoms with Gasteiger partial charge in [0.1, 0.15) is 0 Å². The van der Waals surface area contributed by atoms with Crippen molar-refractivity contribution in [1.82, 2.24) is 9.88 Å². The third-order valence-corrected chi connectivity index (χ3v) is 7.79. The number of hydrogen-bond acceptors (Lipinski definition) is 5. The summed E-state index contributed by atoms with van der Waals surface area (Å²) in [6.45, 7) is 1.08. The summed E-state index contributed by atoms with van der Waals surface area (Å²) in [5.41, 5.74) is 1.05. The van der Waals surface area contributed by atoms with Crippen molar-refractivity contribution in [3.8, 4) is 0 Å². The Hall–Kier alpha value is -2.64. The van der Waals surface area contributed by atoms with Gasteiger partial charge in [0.25, 0.3) is 5.69 Å². The van der Waals surface area contributed by atoms with Gasteiger partial charge in [-0.3, -0.25) is 19.5 Å². The molecule has 1 heterocycles. The molecule has 0 radical (unpaired) electrons. The number of aromatic nitrogens is 1. The predicted octanol–water partition coefficient (Wildman–Crippen LogP) is 4.01. The van der Waals surface area contributed by atoms with E-state index in [0.29, 0.717) is 30.3 Å². The van der Waals surface area contributed by atoms with Gasteiger partial charge in [-0.15, -0.1) is 0 Å². The van der Waals surface area contributed by atoms with E-state index in [1.807, 2.05) is 0 Å². The molecule has 8 nitrogen and oxygen atoms in total. The number of oxazole rings is 1. The number of nitro groups is 1. The van der Waals surface area contributed by atoms with Crippen LogP contribution in [0, 0.1) is 33.3 Å². The van der Waals surface area contributed by atoms with Gasteiger partial charge >= 0.3 is 5.76 Å². The number of nitrogens with zero attached hydrogens (tertiary/aromatic N) is 2. The van der Waals surface area contributed by atoms with Gasteiger partial charge in [-0.2, -0.15) is 0 Å². The van der Waals surface area contributed by atoms with Crippen molar-refractivity contribution >= 4 is 22.7 Å². The number of fused-ring (bicyclic) bond motifs is 1. The summed E-state index contributed by atoms with van der Waals surface area (Å²) in [4.78, 5) is 34.8. The minimum absolute atomic E-state index is 0.0150. The fraction of sp³-hybridized carbons (Fsp3) is 0.652. The van der Waals surface area contributed by atoms with Crippen LogP contribution in [-0.4, -0.2) is 21.9 Å². The van der Waals surface area contributed by atoms with E-state index in [4.69, 9.17) is 4.42 Å². The Balaban J connectivity index is 1.10. The van der Waals surface area contributed by atoms with Crippen molar-refractivity contribution in [2.45, 2.75) is 64.3 Å². The van der Waals surface area contributed by atoms with E-state index in [2.05, 4.69) is 5.32 Å². The lowest BCUT2D eigenvalue weighted by atomic mass is 9.49. The lowest BCUT2D eigenvalue weighted by molar-refractivity contribution is -0.384. The second kappa shape index (κ2) is 7.80. The second-order valence-electron chi connectivity index (χ2n) is 10.0. The highest BCUT2D eigenvalue weighted by atomic mass is 16.6. The average molecular weight is 428 g/mol. The monoisotopic (exact) mass is 427 g/mol. The standard InChI is InChI=1S/C23H29N3O5/c27-21(24-6-5-23-12-15-8-16(13-23)10-17(9-15)14-23)2-1-7-25-19-4-3-18(26(29)30)11-20(19)31-22(25)28/h3-4,11,15-17H,1-2,5-10,12-14H2,(H,24,27). The third-order valence-electron chi connectivity index (χ3n) is 7.79. The molecule has 4 fully saturated rings. The molecule has 1 amide bonds. The molecule has 4 aliphatic rings. The van der Waals surface area contributed by atoms with Gasteiger partial charge in [0, 0.05) is 25.6 Å². The Morgan fingerprint density at radius 1 is 1.19 bits per heavy atom. The van der Waals surface area contributed by atoms with Crippen molar-refractivity contribution in [2.75, 3.05) is 6.54 Å². The number of benzene rings is 1. The van der Waals surface area contributed by atoms with Gasteiger partial charge in [0.2, 0.25) is 5.91 Å². The van der Waals surface area contributed by atoms with Gasteiger partial charge < -0.3 is 9.73 Å². The summed E-state index contributed by atoms with van der Waals surface area (Å²) in [6.07, 6.45) is 10.3. The number of carbonyl (C=O) groups is 1. The first kappa shape index (κ1) is 20.3. The molecule has 31 heavy (non-hydrogen) atoms. The number of hydrogen-bond donors (Lipinski definition) is 1. The quantitative estimate of drug-likeness (QED) is 0.506. The lowest BCUT2D eigenvalue weighted by Gasteiger charge is -2.57. The van der Waals surface area contributed by atoms with Crippen LogP contribution < -0.4 is 11.1 Å². The molecule has 166 valence electrons. The summed E-state index contributed by atoms with van der Waals surface area (Å²) >= 11 is 0. The van der Waals surface area contributed by atoms with E-state index in [-0.39, 0.29) is 17.2 Å². The molecule has 2 aromatic rings. The molecular formula is C23H29N3O5. The van der Waals surface area contributed by atoms with Gasteiger partial charge in [0.05, 0.1) is 16.5 Å². The minimum Gasteiger partial charge on any atom is -0.407 e. The predicted molar refractivity (Wildman–Crippen MR) is 115 cm³/mol. The maximum Gasteiger partial charge on any atom is 0.419 e. The highest BCUT2D eigenvalue weighted by Crippen LogP contribution is 2.61. The van der Waals surface area contributed by atoms with Crippen molar-refractivity contribution in [3.05, 3.63) is 38.9 Å². The van der Waals surface area contributed by atoms with E-state index in [1.165, 1.54) is 61.3 Å². The van der Waals surface area contributed by atoms with E-state index in [1.54, 1.807) is 0 Å². The molecule has 8 heteroatoms. The van der Waals surface area contributed by atoms with E-state index in [0.717, 1.165) is 30.7 Å². The molecule has 0 atom stereocenters. The number of amides is 1. The number of non-ortho nitro benzene ring substituents is 1. The van der Waals surface area contributed by atoms with Crippen LogP contribution >= 0.6 is 0 Å². The van der Waals surface area contributed by atoms with Crippen molar-refractivity contribution in [1.29, 1.82) is 0 Å². The molecule has 4 aliphatic carbocycles. The van der Waals surface area contributed by atoms with Crippen molar-refractivity contribution in [2.24, 2.45) is 23.2 Å². The second-order valence-corrected chi connectivity index (χ2v) is 10.0. The first-order valence-electron chi connectivity index (χ1n) is 11.5. The zero-order chi connectivity index (χ0) is 21.6. The molecule has 0 saturated heterocycles. The Morgan fingerprint density at radius 2 is 1.87 bits per heavy atom. The third kappa shape index (κ3) is 4.00. The normalized spacial score (nSPS) is 28.8. The molecule has 1 aromatic carbocycles. The fourth-order valence-electron chi connectivity index (χ4n) is 6.93. The van der Waals surface area contributed by atoms with Gasteiger partial charge in [-0.05, 0) is 80.6 Å². The molecule has 4 saturated carbocycles. The zero-order valence-electron chi connectivity index (χ0n) is 17.7. The molecule has 4 bridgehead atoms. The Kier molecular flexibility index (Phi) is 5.10. The zero-order valence-corrected chi connectivity index (χ0v) is 17.7. The van der Waals surface area contributed by atoms with Crippen LogP contribution in [0.2, 0.25) is 0 Å². The maximum atomic E-state index is 12.3. The smallest absolute Gasteiger partial charge is 0.407 e. The molecule has 1 aromatic heterocycles. The summed E-state index contributed by atoms with van der Waals surface area (Å²) in [6, 6.07) is 4.12. The highest BCUT2D eigenvalue weighted by molar-refractivity contribution is 5.76. The minimum atomic E-state index is -0.558. The summed E-state index contributed by atoms with van der Waals surface area (Å²) in [7, 11) is 0. The number of rotatable bonds is 8. The number of carbonyl (C=O) groups excluding carboxylic acids is 1. The first-order chi connectivity index (χ1) is 14.9. The fourth-order valence-corrected chi connectivity index (χ4v) is 6.93. The largest absolute Gasteiger partial charge is 0.419 e. The van der Waals surface area contributed by atoms with Crippen LogP contribution in [0.1, 0.15) is 57.8 Å². The number of nitro benzene ring substituents is 1.